The molecule has 0 atom stereocenters. The third-order valence-corrected chi connectivity index (χ3v) is 3.94. The number of hydrogen-bond donors (Lipinski definition) is 1. The molecule has 114 valence electrons. The SMILES string of the molecule is O=C(NSc1ccc(-c2ccccc2)cc1)Oc1ccccc1. The van der Waals surface area contributed by atoms with E-state index in [0.29, 0.717) is 5.75 Å². The molecule has 0 spiro atoms. The third-order valence-electron chi connectivity index (χ3n) is 3.17. The average Bonchev–Trinajstić information content (AvgIpc) is 2.62. The molecule has 0 aliphatic rings. The number of benzene rings is 3. The molecule has 1 amide bonds. The average molecular weight is 321 g/mol. The van der Waals surface area contributed by atoms with Crippen molar-refractivity contribution in [2.45, 2.75) is 4.90 Å². The molecule has 0 heterocycles. The van der Waals surface area contributed by atoms with Gasteiger partial charge in [-0.15, -0.1) is 0 Å². The van der Waals surface area contributed by atoms with Crippen molar-refractivity contribution < 1.29 is 9.53 Å². The minimum absolute atomic E-state index is 0.492. The van der Waals surface area contributed by atoms with Gasteiger partial charge < -0.3 is 4.74 Å². The zero-order valence-corrected chi connectivity index (χ0v) is 13.1. The first-order chi connectivity index (χ1) is 11.3. The van der Waals surface area contributed by atoms with E-state index in [-0.39, 0.29) is 0 Å². The molecule has 0 radical (unpaired) electrons. The molecule has 0 saturated carbocycles. The zero-order valence-electron chi connectivity index (χ0n) is 12.3. The predicted molar refractivity (Wildman–Crippen MR) is 93.3 cm³/mol. The van der Waals surface area contributed by atoms with Gasteiger partial charge in [0.2, 0.25) is 0 Å². The number of hydrogen-bond acceptors (Lipinski definition) is 3. The normalized spacial score (nSPS) is 10.1. The van der Waals surface area contributed by atoms with Crippen LogP contribution in [0.5, 0.6) is 5.75 Å². The summed E-state index contributed by atoms with van der Waals surface area (Å²) in [6.45, 7) is 0. The van der Waals surface area contributed by atoms with Crippen molar-refractivity contribution in [3.05, 3.63) is 84.9 Å². The quantitative estimate of drug-likeness (QED) is 0.675. The van der Waals surface area contributed by atoms with Crippen LogP contribution in [-0.2, 0) is 0 Å². The summed E-state index contributed by atoms with van der Waals surface area (Å²) in [7, 11) is 0. The summed E-state index contributed by atoms with van der Waals surface area (Å²) >= 11 is 1.23. The first-order valence-corrected chi connectivity index (χ1v) is 7.98. The molecule has 0 aliphatic carbocycles. The van der Waals surface area contributed by atoms with E-state index < -0.39 is 6.09 Å². The third kappa shape index (κ3) is 4.37. The second-order valence-electron chi connectivity index (χ2n) is 4.80. The number of amides is 1. The van der Waals surface area contributed by atoms with Gasteiger partial charge in [-0.25, -0.2) is 4.79 Å². The van der Waals surface area contributed by atoms with Gasteiger partial charge in [0, 0.05) is 4.90 Å². The molecule has 0 bridgehead atoms. The Bertz CT molecular complexity index is 758. The fraction of sp³-hybridized carbons (Fsp3) is 0. The molecule has 0 aromatic heterocycles. The van der Waals surface area contributed by atoms with Gasteiger partial charge in [-0.2, -0.15) is 0 Å². The molecular weight excluding hydrogens is 306 g/mol. The highest BCUT2D eigenvalue weighted by Gasteiger charge is 2.05. The molecule has 0 saturated heterocycles. The van der Waals surface area contributed by atoms with Gasteiger partial charge >= 0.3 is 6.09 Å². The molecular formula is C19H15NO2S. The number of nitrogens with one attached hydrogen (secondary N) is 1. The highest BCUT2D eigenvalue weighted by Crippen LogP contribution is 2.22. The van der Waals surface area contributed by atoms with Crippen molar-refractivity contribution in [2.24, 2.45) is 0 Å². The van der Waals surface area contributed by atoms with Crippen molar-refractivity contribution in [1.82, 2.24) is 4.72 Å². The van der Waals surface area contributed by atoms with E-state index >= 15 is 0 Å². The van der Waals surface area contributed by atoms with Crippen LogP contribution in [0, 0.1) is 0 Å². The molecule has 4 heteroatoms. The second-order valence-corrected chi connectivity index (χ2v) is 5.68. The topological polar surface area (TPSA) is 38.3 Å². The molecule has 3 rings (SSSR count). The number of para-hydroxylation sites is 1. The van der Waals surface area contributed by atoms with Gasteiger partial charge in [0.25, 0.3) is 0 Å². The summed E-state index contributed by atoms with van der Waals surface area (Å²) in [6, 6.07) is 27.1. The molecule has 0 aliphatic heterocycles. The van der Waals surface area contributed by atoms with Crippen LogP contribution in [0.4, 0.5) is 4.79 Å². The maximum Gasteiger partial charge on any atom is 0.422 e. The van der Waals surface area contributed by atoms with Crippen molar-refractivity contribution in [1.29, 1.82) is 0 Å². The Balaban J connectivity index is 1.55. The Morgan fingerprint density at radius 3 is 1.96 bits per heavy atom. The Morgan fingerprint density at radius 2 is 1.30 bits per heavy atom. The Morgan fingerprint density at radius 1 is 0.739 bits per heavy atom. The van der Waals surface area contributed by atoms with E-state index in [9.17, 15) is 4.79 Å². The van der Waals surface area contributed by atoms with Gasteiger partial charge in [0.1, 0.15) is 5.75 Å². The van der Waals surface area contributed by atoms with E-state index in [1.54, 1.807) is 12.1 Å². The molecule has 3 aromatic carbocycles. The highest BCUT2D eigenvalue weighted by molar-refractivity contribution is 7.98. The second kappa shape index (κ2) is 7.51. The summed E-state index contributed by atoms with van der Waals surface area (Å²) in [5.41, 5.74) is 2.31. The minimum Gasteiger partial charge on any atom is -0.410 e. The lowest BCUT2D eigenvalue weighted by atomic mass is 10.1. The summed E-state index contributed by atoms with van der Waals surface area (Å²) in [4.78, 5) is 12.7. The zero-order chi connectivity index (χ0) is 15.9. The van der Waals surface area contributed by atoms with Gasteiger partial charge in [-0.05, 0) is 47.3 Å². The van der Waals surface area contributed by atoms with Crippen LogP contribution >= 0.6 is 11.9 Å². The van der Waals surface area contributed by atoms with Gasteiger partial charge in [-0.1, -0.05) is 60.7 Å². The first-order valence-electron chi connectivity index (χ1n) is 7.16. The molecule has 0 fully saturated rings. The maximum absolute atomic E-state index is 11.7. The van der Waals surface area contributed by atoms with Crippen molar-refractivity contribution in [3.8, 4) is 16.9 Å². The van der Waals surface area contributed by atoms with E-state index in [2.05, 4.69) is 16.9 Å². The fourth-order valence-electron chi connectivity index (χ4n) is 2.06. The van der Waals surface area contributed by atoms with E-state index in [1.165, 1.54) is 17.5 Å². The van der Waals surface area contributed by atoms with Crippen molar-refractivity contribution in [2.75, 3.05) is 0 Å². The largest absolute Gasteiger partial charge is 0.422 e. The van der Waals surface area contributed by atoms with E-state index in [4.69, 9.17) is 4.74 Å². The number of rotatable bonds is 4. The minimum atomic E-state index is -0.492. The Kier molecular flexibility index (Phi) is 4.96. The summed E-state index contributed by atoms with van der Waals surface area (Å²) in [6.07, 6.45) is -0.492. The highest BCUT2D eigenvalue weighted by atomic mass is 32.2. The molecule has 3 nitrogen and oxygen atoms in total. The molecule has 23 heavy (non-hydrogen) atoms. The van der Waals surface area contributed by atoms with E-state index in [1.807, 2.05) is 60.7 Å². The van der Waals surface area contributed by atoms with Gasteiger partial charge in [-0.3, -0.25) is 4.72 Å². The number of carbonyl (C=O) groups excluding carboxylic acids is 1. The Labute approximate surface area is 139 Å². The molecule has 3 aromatic rings. The molecule has 0 unspecified atom stereocenters. The molecule has 1 N–H and O–H groups in total. The Hall–Kier alpha value is -2.72. The predicted octanol–water partition coefficient (Wildman–Crippen LogP) is 5.15. The van der Waals surface area contributed by atoms with Crippen LogP contribution in [0.3, 0.4) is 0 Å². The van der Waals surface area contributed by atoms with Crippen LogP contribution in [0.1, 0.15) is 0 Å². The fourth-order valence-corrected chi connectivity index (χ4v) is 2.58. The lowest BCUT2D eigenvalue weighted by Gasteiger charge is -2.06. The van der Waals surface area contributed by atoms with Gasteiger partial charge in [0.15, 0.2) is 0 Å². The van der Waals surface area contributed by atoms with Crippen LogP contribution in [0.15, 0.2) is 89.8 Å². The number of ether oxygens (including phenoxy) is 1. The standard InChI is InChI=1S/C19H15NO2S/c21-19(22-17-9-5-2-6-10-17)20-23-18-13-11-16(12-14-18)15-7-3-1-4-8-15/h1-14H,(H,20,21). The van der Waals surface area contributed by atoms with Crippen LogP contribution in [0.2, 0.25) is 0 Å². The van der Waals surface area contributed by atoms with Crippen LogP contribution in [0.25, 0.3) is 11.1 Å². The maximum atomic E-state index is 11.7. The monoisotopic (exact) mass is 321 g/mol. The van der Waals surface area contributed by atoms with Crippen molar-refractivity contribution in [3.63, 3.8) is 0 Å². The summed E-state index contributed by atoms with van der Waals surface area (Å²) in [5, 5.41) is 0. The summed E-state index contributed by atoms with van der Waals surface area (Å²) in [5.74, 6) is 0.519. The lowest BCUT2D eigenvalue weighted by molar-refractivity contribution is 0.207. The van der Waals surface area contributed by atoms with Crippen molar-refractivity contribution >= 4 is 18.0 Å². The lowest BCUT2D eigenvalue weighted by Crippen LogP contribution is -2.20. The van der Waals surface area contributed by atoms with Crippen LogP contribution < -0.4 is 9.46 Å². The van der Waals surface area contributed by atoms with E-state index in [0.717, 1.165) is 10.5 Å². The van der Waals surface area contributed by atoms with Crippen LogP contribution in [-0.4, -0.2) is 6.09 Å². The smallest absolute Gasteiger partial charge is 0.410 e. The number of carbonyl (C=O) groups is 1. The van der Waals surface area contributed by atoms with Gasteiger partial charge in [0.05, 0.1) is 0 Å². The first kappa shape index (κ1) is 15.2. The summed E-state index contributed by atoms with van der Waals surface area (Å²) < 4.78 is 7.82.